The van der Waals surface area contributed by atoms with E-state index < -0.39 is 0 Å². The highest BCUT2D eigenvalue weighted by molar-refractivity contribution is 14.0. The van der Waals surface area contributed by atoms with Crippen LogP contribution < -0.4 is 5.73 Å². The van der Waals surface area contributed by atoms with Crippen LogP contribution in [0.25, 0.3) is 0 Å². The van der Waals surface area contributed by atoms with Gasteiger partial charge in [-0.3, -0.25) is 4.99 Å². The van der Waals surface area contributed by atoms with Crippen LogP contribution in [0.1, 0.15) is 25.7 Å². The van der Waals surface area contributed by atoms with Gasteiger partial charge < -0.3 is 20.5 Å². The summed E-state index contributed by atoms with van der Waals surface area (Å²) in [6, 6.07) is 0. The van der Waals surface area contributed by atoms with Crippen molar-refractivity contribution >= 4 is 29.9 Å². The molecule has 1 saturated carbocycles. The molecule has 19 heavy (non-hydrogen) atoms. The highest BCUT2D eigenvalue weighted by Gasteiger charge is 2.47. The van der Waals surface area contributed by atoms with Crippen molar-refractivity contribution in [3.05, 3.63) is 0 Å². The first-order valence-corrected chi connectivity index (χ1v) is 6.78. The summed E-state index contributed by atoms with van der Waals surface area (Å²) in [6.07, 6.45) is 3.86. The molecule has 1 spiro atoms. The van der Waals surface area contributed by atoms with Crippen molar-refractivity contribution in [3.8, 4) is 0 Å². The average molecular weight is 383 g/mol. The second-order valence-electron chi connectivity index (χ2n) is 5.81. The molecule has 0 aromatic rings. The molecule has 0 aromatic carbocycles. The van der Waals surface area contributed by atoms with E-state index in [2.05, 4.69) is 4.99 Å². The highest BCUT2D eigenvalue weighted by atomic mass is 127. The number of nitrogens with two attached hydrogens (primary N) is 1. The van der Waals surface area contributed by atoms with Crippen LogP contribution in [-0.2, 0) is 4.74 Å². The normalized spacial score (nSPS) is 30.2. The van der Waals surface area contributed by atoms with Crippen LogP contribution in [0, 0.1) is 11.3 Å². The number of guanidine groups is 1. The van der Waals surface area contributed by atoms with Gasteiger partial charge in [-0.05, 0) is 25.7 Å². The first kappa shape index (κ1) is 17.0. The molecule has 0 amide bonds. The molecule has 2 rings (SSSR count). The molecule has 2 fully saturated rings. The lowest BCUT2D eigenvalue weighted by Crippen LogP contribution is -2.39. The van der Waals surface area contributed by atoms with Crippen LogP contribution in [0.15, 0.2) is 4.99 Å². The van der Waals surface area contributed by atoms with Gasteiger partial charge in [0.05, 0.1) is 6.10 Å². The summed E-state index contributed by atoms with van der Waals surface area (Å²) in [7, 11) is 3.76. The van der Waals surface area contributed by atoms with Crippen molar-refractivity contribution in [2.75, 3.05) is 33.9 Å². The molecule has 0 bridgehead atoms. The first-order valence-electron chi connectivity index (χ1n) is 6.78. The van der Waals surface area contributed by atoms with E-state index in [1.165, 1.54) is 0 Å². The van der Waals surface area contributed by atoms with E-state index in [1.54, 1.807) is 4.90 Å². The molecule has 1 heterocycles. The quantitative estimate of drug-likeness (QED) is 0.425. The Morgan fingerprint density at radius 1 is 1.37 bits per heavy atom. The molecule has 2 aliphatic rings. The third-order valence-corrected chi connectivity index (χ3v) is 4.52. The third kappa shape index (κ3) is 3.72. The molecule has 6 heteroatoms. The number of hydrogen-bond acceptors (Lipinski definition) is 3. The molecule has 3 N–H and O–H groups in total. The predicted molar refractivity (Wildman–Crippen MR) is 86.8 cm³/mol. The van der Waals surface area contributed by atoms with E-state index in [-0.39, 0.29) is 41.4 Å². The lowest BCUT2D eigenvalue weighted by molar-refractivity contribution is -0.0549. The Morgan fingerprint density at radius 3 is 2.58 bits per heavy atom. The Balaban J connectivity index is 0.00000180. The smallest absolute Gasteiger partial charge is 0.190 e. The summed E-state index contributed by atoms with van der Waals surface area (Å²) in [5, 5.41) is 10.5. The number of rotatable bonds is 2. The second-order valence-corrected chi connectivity index (χ2v) is 5.81. The van der Waals surface area contributed by atoms with E-state index in [1.807, 2.05) is 14.1 Å². The van der Waals surface area contributed by atoms with E-state index in [9.17, 15) is 5.11 Å². The maximum atomic E-state index is 10.5. The molecule has 2 unspecified atom stereocenters. The number of halogens is 1. The van der Waals surface area contributed by atoms with Gasteiger partial charge in [0.2, 0.25) is 0 Å². The van der Waals surface area contributed by atoms with Gasteiger partial charge in [-0.25, -0.2) is 0 Å². The second kappa shape index (κ2) is 7.08. The molecule has 2 atom stereocenters. The van der Waals surface area contributed by atoms with E-state index in [0.717, 1.165) is 38.9 Å². The monoisotopic (exact) mass is 383 g/mol. The Bertz CT molecular complexity index is 317. The van der Waals surface area contributed by atoms with Crippen LogP contribution in [0.5, 0.6) is 0 Å². The predicted octanol–water partition coefficient (Wildman–Crippen LogP) is 1.05. The van der Waals surface area contributed by atoms with Gasteiger partial charge in [0, 0.05) is 45.2 Å². The first-order chi connectivity index (χ1) is 8.55. The molecule has 112 valence electrons. The minimum absolute atomic E-state index is 0. The van der Waals surface area contributed by atoms with Gasteiger partial charge >= 0.3 is 0 Å². The fourth-order valence-corrected chi connectivity index (χ4v) is 3.15. The summed E-state index contributed by atoms with van der Waals surface area (Å²) in [4.78, 5) is 6.16. The molecular weight excluding hydrogens is 357 g/mol. The van der Waals surface area contributed by atoms with Crippen molar-refractivity contribution in [1.82, 2.24) is 4.90 Å². The van der Waals surface area contributed by atoms with Crippen molar-refractivity contribution < 1.29 is 9.84 Å². The zero-order valence-corrected chi connectivity index (χ0v) is 14.2. The summed E-state index contributed by atoms with van der Waals surface area (Å²) >= 11 is 0. The molecular formula is C13H26IN3O2. The van der Waals surface area contributed by atoms with Crippen molar-refractivity contribution in [1.29, 1.82) is 0 Å². The summed E-state index contributed by atoms with van der Waals surface area (Å²) in [5.41, 5.74) is 5.87. The van der Waals surface area contributed by atoms with Crippen molar-refractivity contribution in [3.63, 3.8) is 0 Å². The van der Waals surface area contributed by atoms with Gasteiger partial charge in [-0.15, -0.1) is 24.0 Å². The number of hydrogen-bond donors (Lipinski definition) is 2. The summed E-state index contributed by atoms with van der Waals surface area (Å²) < 4.78 is 5.40. The Kier molecular flexibility index (Phi) is 6.32. The summed E-state index contributed by atoms with van der Waals surface area (Å²) in [5.74, 6) is 0.789. The Labute approximate surface area is 132 Å². The van der Waals surface area contributed by atoms with E-state index >= 15 is 0 Å². The topological polar surface area (TPSA) is 71.1 Å². The number of ether oxygens (including phenoxy) is 1. The maximum Gasteiger partial charge on any atom is 0.190 e. The van der Waals surface area contributed by atoms with E-state index in [0.29, 0.717) is 12.5 Å². The zero-order chi connectivity index (χ0) is 13.2. The summed E-state index contributed by atoms with van der Waals surface area (Å²) in [6.45, 7) is 2.20. The lowest BCUT2D eigenvalue weighted by Gasteiger charge is -2.37. The zero-order valence-electron chi connectivity index (χ0n) is 11.8. The van der Waals surface area contributed by atoms with E-state index in [4.69, 9.17) is 10.5 Å². The van der Waals surface area contributed by atoms with Gasteiger partial charge in [-0.2, -0.15) is 0 Å². The largest absolute Gasteiger partial charge is 0.392 e. The molecule has 1 saturated heterocycles. The fourth-order valence-electron chi connectivity index (χ4n) is 3.15. The van der Waals surface area contributed by atoms with Crippen LogP contribution in [0.4, 0.5) is 0 Å². The maximum absolute atomic E-state index is 10.5. The van der Waals surface area contributed by atoms with Crippen LogP contribution in [0.2, 0.25) is 0 Å². The van der Waals surface area contributed by atoms with Crippen molar-refractivity contribution in [2.24, 2.45) is 22.1 Å². The number of aliphatic hydroxyl groups is 1. The molecule has 1 aliphatic carbocycles. The van der Waals surface area contributed by atoms with Gasteiger partial charge in [0.1, 0.15) is 0 Å². The minimum Gasteiger partial charge on any atom is -0.392 e. The van der Waals surface area contributed by atoms with Crippen molar-refractivity contribution in [2.45, 2.75) is 31.8 Å². The fraction of sp³-hybridized carbons (Fsp3) is 0.923. The van der Waals surface area contributed by atoms with Crippen LogP contribution in [0.3, 0.4) is 0 Å². The SMILES string of the molecule is CN(C)C(N)=NCC1CCC2(CCOCC2)C1O.I. The highest BCUT2D eigenvalue weighted by Crippen LogP contribution is 2.48. The third-order valence-electron chi connectivity index (χ3n) is 4.52. The van der Waals surface area contributed by atoms with Crippen LogP contribution >= 0.6 is 24.0 Å². The van der Waals surface area contributed by atoms with Crippen LogP contribution in [-0.4, -0.2) is 55.9 Å². The number of nitrogens with zero attached hydrogens (tertiary/aromatic N) is 2. The number of aliphatic hydroxyl groups excluding tert-OH is 1. The molecule has 0 aromatic heterocycles. The molecule has 1 aliphatic heterocycles. The van der Waals surface area contributed by atoms with Gasteiger partial charge in [-0.1, -0.05) is 0 Å². The Hall–Kier alpha value is -0.0800. The molecule has 0 radical (unpaired) electrons. The lowest BCUT2D eigenvalue weighted by atomic mass is 9.76. The molecule has 5 nitrogen and oxygen atoms in total. The number of aliphatic imine (C=N–C) groups is 1. The minimum atomic E-state index is -0.250. The average Bonchev–Trinajstić information content (AvgIpc) is 2.65. The standard InChI is InChI=1S/C13H25N3O2.HI/c1-16(2)12(14)15-9-10-3-4-13(11(10)17)5-7-18-8-6-13;/h10-11,17H,3-9H2,1-2H3,(H2,14,15);1H. The Morgan fingerprint density at radius 2 is 2.00 bits per heavy atom. The van der Waals surface area contributed by atoms with Gasteiger partial charge in [0.25, 0.3) is 0 Å². The van der Waals surface area contributed by atoms with Gasteiger partial charge in [0.15, 0.2) is 5.96 Å².